The maximum Gasteiger partial charge on any atom is 0.0623 e. The van der Waals surface area contributed by atoms with Crippen molar-refractivity contribution in [2.45, 2.75) is 63.2 Å². The Balaban J connectivity index is 2.02. The van der Waals surface area contributed by atoms with Gasteiger partial charge in [-0.15, -0.1) is 9.24 Å². The quantitative estimate of drug-likeness (QED) is 0.280. The van der Waals surface area contributed by atoms with Crippen LogP contribution in [-0.4, -0.2) is 20.3 Å². The second-order valence-corrected chi connectivity index (χ2v) is 15.5. The molecule has 4 heteroatoms. The van der Waals surface area contributed by atoms with Crippen molar-refractivity contribution in [3.63, 3.8) is 0 Å². The molecule has 2 nitrogen and oxygen atoms in total. The van der Waals surface area contributed by atoms with Crippen molar-refractivity contribution in [2.24, 2.45) is 0 Å². The lowest BCUT2D eigenvalue weighted by Gasteiger charge is -2.43. The monoisotopic (exact) mass is 462 g/mol. The lowest BCUT2D eigenvalue weighted by atomic mass is 9.82. The number of benzene rings is 2. The fraction of sp³-hybridized carbons (Fsp3) is 0.357. The van der Waals surface area contributed by atoms with Crippen LogP contribution in [0, 0.1) is 0 Å². The third-order valence-corrected chi connectivity index (χ3v) is 11.4. The van der Waals surface area contributed by atoms with Gasteiger partial charge in [-0.1, -0.05) is 85.9 Å². The minimum Gasteiger partial charge on any atom is -0.367 e. The van der Waals surface area contributed by atoms with Crippen LogP contribution in [0.3, 0.4) is 0 Å². The largest absolute Gasteiger partial charge is 0.367 e. The molecule has 0 aliphatic heterocycles. The van der Waals surface area contributed by atoms with Crippen molar-refractivity contribution in [1.29, 1.82) is 0 Å². The van der Waals surface area contributed by atoms with E-state index in [4.69, 9.17) is 0 Å². The Morgan fingerprint density at radius 2 is 1.31 bits per heavy atom. The lowest BCUT2D eigenvalue weighted by Crippen LogP contribution is -2.27. The summed E-state index contributed by atoms with van der Waals surface area (Å²) in [4.78, 5) is 6.59. The normalized spacial score (nSPS) is 13.2. The Hall–Kier alpha value is -1.88. The number of hydrogen-bond acceptors (Lipinski definition) is 0. The van der Waals surface area contributed by atoms with Gasteiger partial charge >= 0.3 is 0 Å². The molecule has 4 rings (SSSR count). The Bertz CT molecular complexity index is 1130. The first kappa shape index (κ1) is 23.3. The van der Waals surface area contributed by atoms with Crippen molar-refractivity contribution in [1.82, 2.24) is 9.97 Å². The fourth-order valence-electron chi connectivity index (χ4n) is 5.13. The molecule has 0 fully saturated rings. The molecular weight excluding hydrogens is 426 g/mol. The van der Waals surface area contributed by atoms with Crippen LogP contribution in [0.5, 0.6) is 0 Å². The first-order chi connectivity index (χ1) is 15.0. The maximum absolute atomic E-state index is 3.29. The third-order valence-electron chi connectivity index (χ3n) is 6.51. The minimum atomic E-state index is -0.323. The smallest absolute Gasteiger partial charge is 0.0623 e. The zero-order valence-electron chi connectivity index (χ0n) is 20.2. The lowest BCUT2D eigenvalue weighted by molar-refractivity contribution is 0.702. The molecule has 0 aliphatic carbocycles. The summed E-state index contributed by atoms with van der Waals surface area (Å²) in [5, 5.41) is 2.89. The second kappa shape index (κ2) is 8.48. The van der Waals surface area contributed by atoms with Crippen LogP contribution < -0.4 is 0 Å². The number of rotatable bonds is 5. The average molecular weight is 463 g/mol. The van der Waals surface area contributed by atoms with Crippen molar-refractivity contribution < 1.29 is 0 Å². The highest BCUT2D eigenvalue weighted by atomic mass is 31.1. The van der Waals surface area contributed by atoms with Crippen LogP contribution in [0.25, 0.3) is 10.8 Å². The van der Waals surface area contributed by atoms with Gasteiger partial charge in [0.05, 0.1) is 5.16 Å². The van der Waals surface area contributed by atoms with Crippen LogP contribution in [0.15, 0.2) is 73.3 Å². The summed E-state index contributed by atoms with van der Waals surface area (Å²) in [6, 6.07) is 18.0. The van der Waals surface area contributed by atoms with Gasteiger partial charge in [0, 0.05) is 24.8 Å². The highest BCUT2D eigenvalue weighted by molar-refractivity contribution is 7.60. The molecule has 4 aromatic rings. The number of aromatic nitrogens is 2. The molecule has 0 bridgehead atoms. The molecule has 2 aromatic carbocycles. The summed E-state index contributed by atoms with van der Waals surface area (Å²) >= 11 is 0. The Kier molecular flexibility index (Phi) is 6.17. The van der Waals surface area contributed by atoms with Gasteiger partial charge in [-0.05, 0) is 61.6 Å². The summed E-state index contributed by atoms with van der Waals surface area (Å²) in [5.74, 6) is 0. The maximum atomic E-state index is 3.29. The van der Waals surface area contributed by atoms with E-state index >= 15 is 0 Å². The average Bonchev–Trinajstić information content (AvgIpc) is 3.44. The SMILES string of the molecule is CC(C)(C)P(Cc1c(C(P)(c2cc[nH]c2)c2cc[nH]c2)ccc2ccccc12)C(C)(C)C. The molecule has 0 saturated heterocycles. The molecule has 0 saturated carbocycles. The van der Waals surface area contributed by atoms with Crippen LogP contribution in [0.1, 0.15) is 63.8 Å². The van der Waals surface area contributed by atoms with Gasteiger partial charge in [0.25, 0.3) is 0 Å². The third kappa shape index (κ3) is 4.21. The highest BCUT2D eigenvalue weighted by Crippen LogP contribution is 2.62. The molecule has 0 spiro atoms. The predicted octanol–water partition coefficient (Wildman–Crippen LogP) is 8.24. The molecule has 2 heterocycles. The van der Waals surface area contributed by atoms with Gasteiger partial charge < -0.3 is 9.97 Å². The van der Waals surface area contributed by atoms with E-state index < -0.39 is 0 Å². The summed E-state index contributed by atoms with van der Waals surface area (Å²) in [6.45, 7) is 14.5. The summed E-state index contributed by atoms with van der Waals surface area (Å²) in [5.41, 5.74) is 5.38. The van der Waals surface area contributed by atoms with Crippen LogP contribution in [0.4, 0.5) is 0 Å². The molecule has 0 aliphatic rings. The number of fused-ring (bicyclic) bond motifs is 1. The molecule has 1 unspecified atom stereocenters. The standard InChI is InChI=1S/C28H36N2P2/c1-26(2,3)32(27(4,5)6)19-24-23-10-8-7-9-20(23)11-12-25(24)28(31,21-13-15-29-17-21)22-14-16-30-18-22/h7-18,29-30H,19,31H2,1-6H3. The minimum absolute atomic E-state index is 0.257. The topological polar surface area (TPSA) is 31.6 Å². The molecule has 2 N–H and O–H groups in total. The zero-order valence-corrected chi connectivity index (χ0v) is 22.2. The van der Waals surface area contributed by atoms with E-state index in [0.717, 1.165) is 6.16 Å². The highest BCUT2D eigenvalue weighted by Gasteiger charge is 2.39. The van der Waals surface area contributed by atoms with Crippen molar-refractivity contribution in [3.8, 4) is 0 Å². The molecule has 0 amide bonds. The number of nitrogens with one attached hydrogen (secondary N) is 2. The van der Waals surface area contributed by atoms with Crippen LogP contribution in [-0.2, 0) is 11.3 Å². The van der Waals surface area contributed by atoms with Crippen molar-refractivity contribution in [3.05, 3.63) is 95.6 Å². The summed E-state index contributed by atoms with van der Waals surface area (Å²) in [7, 11) is 2.92. The Morgan fingerprint density at radius 3 is 1.81 bits per heavy atom. The Labute approximate surface area is 196 Å². The first-order valence-corrected chi connectivity index (χ1v) is 13.5. The van der Waals surface area contributed by atoms with E-state index in [2.05, 4.69) is 122 Å². The summed E-state index contributed by atoms with van der Waals surface area (Å²) in [6.07, 6.45) is 9.42. The zero-order chi connectivity index (χ0) is 23.1. The molecule has 2 aromatic heterocycles. The van der Waals surface area contributed by atoms with E-state index in [-0.39, 0.29) is 23.4 Å². The van der Waals surface area contributed by atoms with E-state index in [0.29, 0.717) is 0 Å². The summed E-state index contributed by atoms with van der Waals surface area (Å²) < 4.78 is 0. The predicted molar refractivity (Wildman–Crippen MR) is 145 cm³/mol. The Morgan fingerprint density at radius 1 is 0.750 bits per heavy atom. The van der Waals surface area contributed by atoms with Crippen molar-refractivity contribution in [2.75, 3.05) is 0 Å². The van der Waals surface area contributed by atoms with Gasteiger partial charge in [0.1, 0.15) is 0 Å². The molecule has 168 valence electrons. The second-order valence-electron chi connectivity index (χ2n) is 10.7. The van der Waals surface area contributed by atoms with Gasteiger partial charge in [-0.25, -0.2) is 0 Å². The molecule has 1 atom stereocenters. The molecule has 32 heavy (non-hydrogen) atoms. The number of H-pyrrole nitrogens is 2. The van der Waals surface area contributed by atoms with Gasteiger partial charge in [-0.3, -0.25) is 0 Å². The first-order valence-electron chi connectivity index (χ1n) is 11.4. The van der Waals surface area contributed by atoms with E-state index in [1.807, 2.05) is 12.4 Å². The van der Waals surface area contributed by atoms with Crippen LogP contribution in [0.2, 0.25) is 0 Å². The molecular formula is C28H36N2P2. The van der Waals surface area contributed by atoms with E-state index in [1.54, 1.807) is 0 Å². The van der Waals surface area contributed by atoms with Gasteiger partial charge in [0.15, 0.2) is 0 Å². The van der Waals surface area contributed by atoms with E-state index in [1.165, 1.54) is 33.0 Å². The van der Waals surface area contributed by atoms with Crippen LogP contribution >= 0.6 is 17.2 Å². The fourth-order valence-corrected chi connectivity index (χ4v) is 9.38. The van der Waals surface area contributed by atoms with Crippen molar-refractivity contribution >= 4 is 27.9 Å². The van der Waals surface area contributed by atoms with Gasteiger partial charge in [-0.2, -0.15) is 0 Å². The number of hydrogen-bond donors (Lipinski definition) is 2. The molecule has 0 radical (unpaired) electrons. The number of aromatic amines is 2. The van der Waals surface area contributed by atoms with Gasteiger partial charge in [0.2, 0.25) is 0 Å². The van der Waals surface area contributed by atoms with E-state index in [9.17, 15) is 0 Å².